The van der Waals surface area contributed by atoms with Gasteiger partial charge in [-0.15, -0.1) is 0 Å². The Morgan fingerprint density at radius 1 is 0.706 bits per heavy atom. The van der Waals surface area contributed by atoms with Crippen molar-refractivity contribution in [1.82, 2.24) is 0 Å². The van der Waals surface area contributed by atoms with E-state index in [1.165, 1.54) is 0 Å². The summed E-state index contributed by atoms with van der Waals surface area (Å²) >= 11 is 13.8. The van der Waals surface area contributed by atoms with E-state index >= 15 is 0 Å². The molecule has 0 unspecified atom stereocenters. The fourth-order valence-corrected chi connectivity index (χ4v) is 3.00. The zero-order valence-corrected chi connectivity index (χ0v) is 14.7. The van der Waals surface area contributed by atoms with Gasteiger partial charge in [0.05, 0.1) is 8.95 Å². The summed E-state index contributed by atoms with van der Waals surface area (Å²) in [5, 5.41) is 0. The summed E-state index contributed by atoms with van der Waals surface area (Å²) in [6, 6.07) is 11.6. The van der Waals surface area contributed by atoms with E-state index in [4.69, 9.17) is 4.74 Å². The number of hydrogen-bond acceptors (Lipinski definition) is 1. The zero-order chi connectivity index (χ0) is 12.4. The van der Waals surface area contributed by atoms with Gasteiger partial charge < -0.3 is 4.74 Å². The molecule has 0 aliphatic carbocycles. The van der Waals surface area contributed by atoms with Crippen LogP contribution in [0.2, 0.25) is 0 Å². The Labute approximate surface area is 133 Å². The third-order valence-corrected chi connectivity index (χ3v) is 5.16. The van der Waals surface area contributed by atoms with E-state index < -0.39 is 0 Å². The second-order valence-corrected chi connectivity index (χ2v) is 6.65. The first-order valence-corrected chi connectivity index (χ1v) is 7.82. The molecule has 1 nitrogen and oxygen atoms in total. The highest BCUT2D eigenvalue weighted by Gasteiger charge is 2.08. The summed E-state index contributed by atoms with van der Waals surface area (Å²) in [6.45, 7) is 0. The first-order chi connectivity index (χ1) is 8.08. The molecule has 0 heterocycles. The van der Waals surface area contributed by atoms with Crippen LogP contribution in [0.3, 0.4) is 0 Å². The van der Waals surface area contributed by atoms with Gasteiger partial charge in [0, 0.05) is 8.95 Å². The van der Waals surface area contributed by atoms with Gasteiger partial charge in [-0.3, -0.25) is 0 Å². The van der Waals surface area contributed by atoms with Crippen LogP contribution in [0.5, 0.6) is 11.5 Å². The number of rotatable bonds is 2. The largest absolute Gasteiger partial charge is 0.455 e. The fraction of sp³-hybridized carbons (Fsp3) is 0. The highest BCUT2D eigenvalue weighted by molar-refractivity contribution is 9.13. The van der Waals surface area contributed by atoms with E-state index in [0.717, 1.165) is 29.4 Å². The van der Waals surface area contributed by atoms with Gasteiger partial charge in [0.25, 0.3) is 0 Å². The van der Waals surface area contributed by atoms with Crippen molar-refractivity contribution in [2.75, 3.05) is 0 Å². The van der Waals surface area contributed by atoms with Gasteiger partial charge in [-0.1, -0.05) is 6.07 Å². The Hall–Kier alpha value is 0.160. The van der Waals surface area contributed by atoms with Gasteiger partial charge >= 0.3 is 0 Å². The number of benzene rings is 2. The minimum atomic E-state index is 0.765. The molecule has 0 saturated heterocycles. The molecule has 0 aliphatic rings. The summed E-state index contributed by atoms with van der Waals surface area (Å²) < 4.78 is 9.60. The van der Waals surface area contributed by atoms with E-state index in [-0.39, 0.29) is 0 Å². The third kappa shape index (κ3) is 3.34. The molecule has 88 valence electrons. The third-order valence-electron chi connectivity index (χ3n) is 2.03. The van der Waals surface area contributed by atoms with E-state index in [0.29, 0.717) is 0 Å². The highest BCUT2D eigenvalue weighted by Crippen LogP contribution is 2.37. The van der Waals surface area contributed by atoms with E-state index in [1.807, 2.05) is 36.4 Å². The molecule has 0 bridgehead atoms. The molecule has 0 aliphatic heterocycles. The Bertz CT molecular complexity index is 534. The SMILES string of the molecule is Brc1ccc(Oc2c(Br)cccc2Br)cc1Br. The summed E-state index contributed by atoms with van der Waals surface area (Å²) in [4.78, 5) is 0. The quantitative estimate of drug-likeness (QED) is 0.470. The van der Waals surface area contributed by atoms with Crippen LogP contribution in [-0.2, 0) is 0 Å². The van der Waals surface area contributed by atoms with Crippen LogP contribution >= 0.6 is 63.7 Å². The van der Waals surface area contributed by atoms with Crippen LogP contribution in [-0.4, -0.2) is 0 Å². The van der Waals surface area contributed by atoms with Gasteiger partial charge in [-0.25, -0.2) is 0 Å². The molecular weight excluding hydrogens is 480 g/mol. The molecule has 0 spiro atoms. The normalized spacial score (nSPS) is 10.4. The molecule has 5 heteroatoms. The number of hydrogen-bond donors (Lipinski definition) is 0. The van der Waals surface area contributed by atoms with Crippen molar-refractivity contribution in [2.45, 2.75) is 0 Å². The molecule has 0 aromatic heterocycles. The van der Waals surface area contributed by atoms with Crippen molar-refractivity contribution >= 4 is 63.7 Å². The van der Waals surface area contributed by atoms with E-state index in [9.17, 15) is 0 Å². The molecule has 2 aromatic rings. The van der Waals surface area contributed by atoms with E-state index in [1.54, 1.807) is 0 Å². The number of para-hydroxylation sites is 1. The van der Waals surface area contributed by atoms with Gasteiger partial charge in [0.1, 0.15) is 5.75 Å². The summed E-state index contributed by atoms with van der Waals surface area (Å²) in [7, 11) is 0. The topological polar surface area (TPSA) is 9.23 Å². The Balaban J connectivity index is 2.35. The molecule has 0 N–H and O–H groups in total. The first-order valence-electron chi connectivity index (χ1n) is 4.65. The predicted molar refractivity (Wildman–Crippen MR) is 83.8 cm³/mol. The molecule has 0 fully saturated rings. The fourth-order valence-electron chi connectivity index (χ4n) is 1.24. The van der Waals surface area contributed by atoms with Gasteiger partial charge in [0.15, 0.2) is 5.75 Å². The standard InChI is InChI=1S/C12H6Br4O/c13-8-5-4-7(6-11(8)16)17-12-9(14)2-1-3-10(12)15/h1-6H. The maximum atomic E-state index is 5.83. The van der Waals surface area contributed by atoms with Crippen molar-refractivity contribution in [1.29, 1.82) is 0 Å². The average Bonchev–Trinajstić information content (AvgIpc) is 2.28. The van der Waals surface area contributed by atoms with Gasteiger partial charge in [0.2, 0.25) is 0 Å². The minimum Gasteiger partial charge on any atom is -0.455 e. The Morgan fingerprint density at radius 3 is 1.94 bits per heavy atom. The molecule has 2 rings (SSSR count). The van der Waals surface area contributed by atoms with Crippen molar-refractivity contribution in [2.24, 2.45) is 0 Å². The highest BCUT2D eigenvalue weighted by atomic mass is 79.9. The molecule has 0 radical (unpaired) electrons. The second kappa shape index (κ2) is 5.87. The zero-order valence-electron chi connectivity index (χ0n) is 8.38. The van der Waals surface area contributed by atoms with Crippen molar-refractivity contribution < 1.29 is 4.74 Å². The van der Waals surface area contributed by atoms with Crippen LogP contribution in [0, 0.1) is 0 Å². The maximum Gasteiger partial charge on any atom is 0.155 e. The van der Waals surface area contributed by atoms with Gasteiger partial charge in [-0.05, 0) is 94.1 Å². The minimum absolute atomic E-state index is 0.765. The first kappa shape index (κ1) is 13.6. The summed E-state index contributed by atoms with van der Waals surface area (Å²) in [5.74, 6) is 1.54. The maximum absolute atomic E-state index is 5.83. The molecule has 0 atom stereocenters. The lowest BCUT2D eigenvalue weighted by Gasteiger charge is -2.10. The number of ether oxygens (including phenoxy) is 1. The van der Waals surface area contributed by atoms with E-state index in [2.05, 4.69) is 63.7 Å². The average molecular weight is 486 g/mol. The smallest absolute Gasteiger partial charge is 0.155 e. The Kier molecular flexibility index (Phi) is 4.69. The number of halogens is 4. The summed E-state index contributed by atoms with van der Waals surface area (Å²) in [6.07, 6.45) is 0. The van der Waals surface area contributed by atoms with Gasteiger partial charge in [-0.2, -0.15) is 0 Å². The molecule has 17 heavy (non-hydrogen) atoms. The van der Waals surface area contributed by atoms with Crippen molar-refractivity contribution in [3.63, 3.8) is 0 Å². The van der Waals surface area contributed by atoms with Crippen LogP contribution in [0.1, 0.15) is 0 Å². The van der Waals surface area contributed by atoms with Crippen LogP contribution in [0.4, 0.5) is 0 Å². The van der Waals surface area contributed by atoms with Crippen molar-refractivity contribution in [3.05, 3.63) is 54.3 Å². The molecular formula is C12H6Br4O. The monoisotopic (exact) mass is 482 g/mol. The molecule has 0 amide bonds. The predicted octanol–water partition coefficient (Wildman–Crippen LogP) is 6.53. The summed E-state index contributed by atoms with van der Waals surface area (Å²) in [5.41, 5.74) is 0. The lowest BCUT2D eigenvalue weighted by molar-refractivity contribution is 0.476. The van der Waals surface area contributed by atoms with Crippen LogP contribution in [0.15, 0.2) is 54.3 Å². The van der Waals surface area contributed by atoms with Crippen LogP contribution in [0.25, 0.3) is 0 Å². The van der Waals surface area contributed by atoms with Crippen LogP contribution < -0.4 is 4.74 Å². The molecule has 2 aromatic carbocycles. The molecule has 0 saturated carbocycles. The second-order valence-electron chi connectivity index (χ2n) is 3.23. The lowest BCUT2D eigenvalue weighted by Crippen LogP contribution is -1.87. The Morgan fingerprint density at radius 2 is 1.35 bits per heavy atom. The van der Waals surface area contributed by atoms with Crippen molar-refractivity contribution in [3.8, 4) is 11.5 Å². The lowest BCUT2D eigenvalue weighted by atomic mass is 10.3.